The van der Waals surface area contributed by atoms with Gasteiger partial charge in [-0.15, -0.1) is 0 Å². The molecule has 1 saturated heterocycles. The van der Waals surface area contributed by atoms with Crippen LogP contribution >= 0.6 is 0 Å². The van der Waals surface area contributed by atoms with Crippen molar-refractivity contribution in [2.24, 2.45) is 0 Å². The number of aryl methyl sites for hydroxylation is 1. The molecule has 1 aromatic rings. The van der Waals surface area contributed by atoms with Crippen LogP contribution in [0.5, 0.6) is 0 Å². The van der Waals surface area contributed by atoms with E-state index in [0.29, 0.717) is 51.4 Å². The summed E-state index contributed by atoms with van der Waals surface area (Å²) in [6.45, 7) is 8.70. The highest BCUT2D eigenvalue weighted by Gasteiger charge is 2.27. The zero-order valence-electron chi connectivity index (χ0n) is 17.6. The number of benzene rings is 1. The molecule has 0 unspecified atom stereocenters. The van der Waals surface area contributed by atoms with Gasteiger partial charge in [0.25, 0.3) is 5.91 Å². The molecule has 0 atom stereocenters. The average Bonchev–Trinajstić information content (AvgIpc) is 2.66. The van der Waals surface area contributed by atoms with Gasteiger partial charge in [-0.1, -0.05) is 19.9 Å². The van der Waals surface area contributed by atoms with Gasteiger partial charge in [-0.3, -0.25) is 9.69 Å². The molecule has 0 radical (unpaired) electrons. The molecule has 1 heterocycles. The molecule has 1 fully saturated rings. The van der Waals surface area contributed by atoms with Gasteiger partial charge in [-0.05, 0) is 24.6 Å². The fraction of sp³-hybridized carbons (Fsp3) is 0.632. The third-order valence-electron chi connectivity index (χ3n) is 5.22. The molecule has 0 bridgehead atoms. The van der Waals surface area contributed by atoms with Gasteiger partial charge in [0.2, 0.25) is 10.0 Å². The number of sulfonamides is 1. The van der Waals surface area contributed by atoms with Gasteiger partial charge in [-0.25, -0.2) is 16.8 Å². The van der Waals surface area contributed by atoms with E-state index in [0.717, 1.165) is 5.56 Å². The van der Waals surface area contributed by atoms with Crippen LogP contribution in [-0.4, -0.2) is 94.7 Å². The number of sulfone groups is 1. The molecule has 1 aliphatic heterocycles. The summed E-state index contributed by atoms with van der Waals surface area (Å²) < 4.78 is 49.6. The SMILES string of the molecule is CCN(CC)S(=O)(=O)c1ccc(C)c(C(=O)N2CCN(CCS(C)(=O)=O)CC2)c1. The highest BCUT2D eigenvalue weighted by molar-refractivity contribution is 7.90. The minimum absolute atomic E-state index is 0.102. The summed E-state index contributed by atoms with van der Waals surface area (Å²) in [7, 11) is -6.65. The first-order chi connectivity index (χ1) is 13.5. The first-order valence-corrected chi connectivity index (χ1v) is 13.3. The van der Waals surface area contributed by atoms with Gasteiger partial charge < -0.3 is 4.90 Å². The number of amides is 1. The zero-order chi connectivity index (χ0) is 21.8. The summed E-state index contributed by atoms with van der Waals surface area (Å²) in [5.74, 6) is -0.0902. The third kappa shape index (κ3) is 6.00. The molecule has 8 nitrogen and oxygen atoms in total. The lowest BCUT2D eigenvalue weighted by Gasteiger charge is -2.35. The van der Waals surface area contributed by atoms with E-state index in [-0.39, 0.29) is 16.6 Å². The predicted molar refractivity (Wildman–Crippen MR) is 113 cm³/mol. The van der Waals surface area contributed by atoms with E-state index < -0.39 is 19.9 Å². The van der Waals surface area contributed by atoms with Crippen molar-refractivity contribution in [1.29, 1.82) is 0 Å². The topological polar surface area (TPSA) is 95.1 Å². The lowest BCUT2D eigenvalue weighted by Crippen LogP contribution is -2.49. The zero-order valence-corrected chi connectivity index (χ0v) is 19.2. The normalized spacial score (nSPS) is 16.4. The molecule has 1 amide bonds. The van der Waals surface area contributed by atoms with Crippen molar-refractivity contribution in [3.05, 3.63) is 29.3 Å². The summed E-state index contributed by atoms with van der Waals surface area (Å²) in [4.78, 5) is 16.9. The quantitative estimate of drug-likeness (QED) is 0.588. The number of hydrogen-bond acceptors (Lipinski definition) is 6. The Hall–Kier alpha value is -1.49. The molecule has 1 aliphatic rings. The van der Waals surface area contributed by atoms with Crippen molar-refractivity contribution < 1.29 is 21.6 Å². The standard InChI is InChI=1S/C19H31N3O5S2/c1-5-22(6-2)29(26,27)17-8-7-16(3)18(15-17)19(23)21-11-9-20(10-12-21)13-14-28(4,24)25/h7-8,15H,5-6,9-14H2,1-4H3. The van der Waals surface area contributed by atoms with Crippen molar-refractivity contribution in [3.63, 3.8) is 0 Å². The minimum atomic E-state index is -3.64. The Labute approximate surface area is 174 Å². The molecule has 1 aromatic carbocycles. The van der Waals surface area contributed by atoms with Crippen LogP contribution in [0.1, 0.15) is 29.8 Å². The lowest BCUT2D eigenvalue weighted by molar-refractivity contribution is 0.0643. The van der Waals surface area contributed by atoms with Crippen LogP contribution in [-0.2, 0) is 19.9 Å². The van der Waals surface area contributed by atoms with Gasteiger partial charge in [0.05, 0.1) is 10.6 Å². The van der Waals surface area contributed by atoms with Crippen LogP contribution in [0.2, 0.25) is 0 Å². The van der Waals surface area contributed by atoms with Gasteiger partial charge >= 0.3 is 0 Å². The Morgan fingerprint density at radius 2 is 1.62 bits per heavy atom. The summed E-state index contributed by atoms with van der Waals surface area (Å²) >= 11 is 0. The lowest BCUT2D eigenvalue weighted by atomic mass is 10.1. The molecule has 0 N–H and O–H groups in total. The van der Waals surface area contributed by atoms with Crippen LogP contribution in [0.4, 0.5) is 0 Å². The van der Waals surface area contributed by atoms with E-state index in [9.17, 15) is 21.6 Å². The van der Waals surface area contributed by atoms with Crippen molar-refractivity contribution in [2.75, 3.05) is 57.8 Å². The molecule has 0 saturated carbocycles. The second kappa shape index (κ2) is 9.55. The summed E-state index contributed by atoms with van der Waals surface area (Å²) in [5, 5.41) is 0. The Kier molecular flexibility index (Phi) is 7.83. The van der Waals surface area contributed by atoms with Crippen molar-refractivity contribution in [2.45, 2.75) is 25.7 Å². The Morgan fingerprint density at radius 3 is 2.14 bits per heavy atom. The molecule has 164 valence electrons. The van der Waals surface area contributed by atoms with E-state index in [1.165, 1.54) is 16.6 Å². The van der Waals surface area contributed by atoms with Crippen LogP contribution in [0, 0.1) is 6.92 Å². The summed E-state index contributed by atoms with van der Waals surface area (Å²) in [6, 6.07) is 4.69. The Bertz CT molecular complexity index is 933. The number of piperazine rings is 1. The van der Waals surface area contributed by atoms with E-state index >= 15 is 0 Å². The first-order valence-electron chi connectivity index (χ1n) is 9.79. The largest absolute Gasteiger partial charge is 0.336 e. The minimum Gasteiger partial charge on any atom is -0.336 e. The fourth-order valence-electron chi connectivity index (χ4n) is 3.34. The molecular formula is C19H31N3O5S2. The number of hydrogen-bond donors (Lipinski definition) is 0. The number of carbonyl (C=O) groups is 1. The van der Waals surface area contributed by atoms with E-state index in [1.54, 1.807) is 37.8 Å². The molecule has 10 heteroatoms. The Balaban J connectivity index is 2.14. The van der Waals surface area contributed by atoms with Crippen LogP contribution in [0.25, 0.3) is 0 Å². The second-order valence-electron chi connectivity index (χ2n) is 7.33. The molecular weight excluding hydrogens is 414 g/mol. The average molecular weight is 446 g/mol. The van der Waals surface area contributed by atoms with Crippen molar-refractivity contribution in [1.82, 2.24) is 14.1 Å². The van der Waals surface area contributed by atoms with Crippen LogP contribution in [0.3, 0.4) is 0 Å². The highest BCUT2D eigenvalue weighted by Crippen LogP contribution is 2.21. The van der Waals surface area contributed by atoms with E-state index in [1.807, 2.05) is 4.90 Å². The maximum Gasteiger partial charge on any atom is 0.254 e. The molecule has 0 aromatic heterocycles. The van der Waals surface area contributed by atoms with Gasteiger partial charge in [0.1, 0.15) is 9.84 Å². The van der Waals surface area contributed by atoms with Gasteiger partial charge in [0.15, 0.2) is 0 Å². The maximum atomic E-state index is 13.0. The van der Waals surface area contributed by atoms with E-state index in [4.69, 9.17) is 0 Å². The smallest absolute Gasteiger partial charge is 0.254 e. The number of nitrogens with zero attached hydrogens (tertiary/aromatic N) is 3. The molecule has 29 heavy (non-hydrogen) atoms. The monoisotopic (exact) mass is 445 g/mol. The van der Waals surface area contributed by atoms with Gasteiger partial charge in [0, 0.05) is 57.6 Å². The van der Waals surface area contributed by atoms with Gasteiger partial charge in [-0.2, -0.15) is 4.31 Å². The summed E-state index contributed by atoms with van der Waals surface area (Å²) in [6.07, 6.45) is 1.22. The summed E-state index contributed by atoms with van der Waals surface area (Å²) in [5.41, 5.74) is 1.12. The van der Waals surface area contributed by atoms with Crippen molar-refractivity contribution in [3.8, 4) is 0 Å². The molecule has 2 rings (SSSR count). The number of rotatable bonds is 8. The predicted octanol–water partition coefficient (Wildman–Crippen LogP) is 0.828. The van der Waals surface area contributed by atoms with Crippen LogP contribution < -0.4 is 0 Å². The maximum absolute atomic E-state index is 13.0. The first kappa shape index (κ1) is 23.8. The molecule has 0 aliphatic carbocycles. The number of carbonyl (C=O) groups excluding carboxylic acids is 1. The van der Waals surface area contributed by atoms with E-state index in [2.05, 4.69) is 0 Å². The highest BCUT2D eigenvalue weighted by atomic mass is 32.2. The van der Waals surface area contributed by atoms with Crippen LogP contribution in [0.15, 0.2) is 23.1 Å². The Morgan fingerprint density at radius 1 is 1.03 bits per heavy atom. The third-order valence-corrected chi connectivity index (χ3v) is 8.19. The second-order valence-corrected chi connectivity index (χ2v) is 11.5. The molecule has 0 spiro atoms. The van der Waals surface area contributed by atoms with Crippen molar-refractivity contribution >= 4 is 25.8 Å². The fourth-order valence-corrected chi connectivity index (χ4v) is 5.42.